The van der Waals surface area contributed by atoms with Gasteiger partial charge in [0.25, 0.3) is 5.91 Å². The van der Waals surface area contributed by atoms with Gasteiger partial charge in [-0.2, -0.15) is 0 Å². The van der Waals surface area contributed by atoms with E-state index in [1.54, 1.807) is 26.4 Å². The summed E-state index contributed by atoms with van der Waals surface area (Å²) in [6, 6.07) is 17.5. The molecule has 2 aliphatic heterocycles. The number of amides is 2. The first-order valence-electron chi connectivity index (χ1n) is 12.0. The summed E-state index contributed by atoms with van der Waals surface area (Å²) in [5, 5.41) is 6.09. The van der Waals surface area contributed by atoms with Crippen molar-refractivity contribution < 1.29 is 28.5 Å². The zero-order chi connectivity index (χ0) is 25.8. The van der Waals surface area contributed by atoms with Crippen molar-refractivity contribution >= 4 is 23.6 Å². The molecule has 0 spiro atoms. The number of anilines is 2. The van der Waals surface area contributed by atoms with E-state index < -0.39 is 6.09 Å². The van der Waals surface area contributed by atoms with Crippen LogP contribution in [0.3, 0.4) is 0 Å². The van der Waals surface area contributed by atoms with Crippen molar-refractivity contribution in [1.82, 2.24) is 10.3 Å². The summed E-state index contributed by atoms with van der Waals surface area (Å²) in [7, 11) is 3.25. The highest BCUT2D eigenvalue weighted by atomic mass is 16.6. The van der Waals surface area contributed by atoms with Crippen LogP contribution in [-0.2, 0) is 16.1 Å². The maximum Gasteiger partial charge on any atom is 0.415 e. The lowest BCUT2D eigenvalue weighted by Gasteiger charge is -2.19. The van der Waals surface area contributed by atoms with Crippen LogP contribution >= 0.6 is 0 Å². The molecular formula is C27H28N4O6. The maximum absolute atomic E-state index is 12.4. The van der Waals surface area contributed by atoms with Crippen molar-refractivity contribution in [3.05, 3.63) is 60.2 Å². The first-order valence-corrected chi connectivity index (χ1v) is 12.0. The van der Waals surface area contributed by atoms with E-state index in [1.807, 2.05) is 24.3 Å². The van der Waals surface area contributed by atoms with Crippen LogP contribution in [0.1, 0.15) is 12.0 Å². The summed E-state index contributed by atoms with van der Waals surface area (Å²) >= 11 is 0. The monoisotopic (exact) mass is 504 g/mol. The third kappa shape index (κ3) is 5.44. The Balaban J connectivity index is 1.14. The minimum Gasteiger partial charge on any atom is -0.493 e. The molecule has 1 saturated heterocycles. The van der Waals surface area contributed by atoms with Gasteiger partial charge in [-0.25, -0.2) is 9.78 Å². The second-order valence-corrected chi connectivity index (χ2v) is 8.71. The molecule has 0 unspecified atom stereocenters. The summed E-state index contributed by atoms with van der Waals surface area (Å²) in [6.45, 7) is 1.69. The predicted molar refractivity (Wildman–Crippen MR) is 137 cm³/mol. The molecule has 0 saturated carbocycles. The maximum atomic E-state index is 12.4. The molecule has 10 heteroatoms. The van der Waals surface area contributed by atoms with Gasteiger partial charge < -0.3 is 29.6 Å². The minimum absolute atomic E-state index is 0.0462. The Labute approximate surface area is 214 Å². The highest BCUT2D eigenvalue weighted by molar-refractivity contribution is 5.95. The Kier molecular flexibility index (Phi) is 7.09. The van der Waals surface area contributed by atoms with Crippen molar-refractivity contribution in [1.29, 1.82) is 0 Å². The van der Waals surface area contributed by atoms with E-state index in [4.69, 9.17) is 18.9 Å². The number of hydrogen-bond acceptors (Lipinski definition) is 8. The van der Waals surface area contributed by atoms with Gasteiger partial charge in [0.2, 0.25) is 0 Å². The van der Waals surface area contributed by atoms with E-state index in [2.05, 4.69) is 33.8 Å². The summed E-state index contributed by atoms with van der Waals surface area (Å²) in [5.74, 6) is 2.30. The molecule has 1 atom stereocenters. The van der Waals surface area contributed by atoms with E-state index in [1.165, 1.54) is 4.90 Å². The zero-order valence-electron chi connectivity index (χ0n) is 20.7. The van der Waals surface area contributed by atoms with Gasteiger partial charge in [0, 0.05) is 6.54 Å². The third-order valence-corrected chi connectivity index (χ3v) is 6.23. The molecular weight excluding hydrogens is 476 g/mol. The Morgan fingerprint density at radius 2 is 1.89 bits per heavy atom. The molecule has 3 aromatic rings. The van der Waals surface area contributed by atoms with Gasteiger partial charge in [-0.15, -0.1) is 0 Å². The molecule has 5 rings (SSSR count). The molecule has 2 aromatic carbocycles. The largest absolute Gasteiger partial charge is 0.493 e. The summed E-state index contributed by atoms with van der Waals surface area (Å²) < 4.78 is 21.6. The molecule has 0 bridgehead atoms. The minimum atomic E-state index is -0.455. The van der Waals surface area contributed by atoms with Crippen LogP contribution in [0.15, 0.2) is 54.6 Å². The van der Waals surface area contributed by atoms with E-state index in [0.717, 1.165) is 16.7 Å². The molecule has 2 aliphatic rings. The average Bonchev–Trinajstić information content (AvgIpc) is 3.30. The fourth-order valence-electron chi connectivity index (χ4n) is 4.34. The Hall–Kier alpha value is -4.31. The van der Waals surface area contributed by atoms with Crippen LogP contribution < -0.4 is 29.7 Å². The van der Waals surface area contributed by atoms with Gasteiger partial charge in [0.05, 0.1) is 20.8 Å². The Bertz CT molecular complexity index is 1310. The summed E-state index contributed by atoms with van der Waals surface area (Å²) in [5.41, 5.74) is 3.26. The molecule has 37 heavy (non-hydrogen) atoms. The highest BCUT2D eigenvalue weighted by Crippen LogP contribution is 2.33. The van der Waals surface area contributed by atoms with Crippen molar-refractivity contribution in [2.75, 3.05) is 44.1 Å². The van der Waals surface area contributed by atoms with Crippen LogP contribution in [0, 0.1) is 0 Å². The van der Waals surface area contributed by atoms with Gasteiger partial charge in [-0.3, -0.25) is 9.69 Å². The Morgan fingerprint density at radius 3 is 2.73 bits per heavy atom. The standard InChI is InChI=1S/C27H28N4O6/c1-34-21-7-6-19(13-23(21)35-2)18-5-3-4-17(12-18)14-28-11-10-20-15-31(27(33)37-20)24-9-8-22-26(29-24)30-25(32)16-36-22/h3-9,12-13,20,28H,10-11,14-16H2,1-2H3,(H,29,30,32)/t20-/m0/s1. The topological polar surface area (TPSA) is 111 Å². The van der Waals surface area contributed by atoms with Gasteiger partial charge in [-0.1, -0.05) is 24.3 Å². The fraction of sp³-hybridized carbons (Fsp3) is 0.296. The van der Waals surface area contributed by atoms with E-state index in [0.29, 0.717) is 54.9 Å². The number of nitrogens with one attached hydrogen (secondary N) is 2. The van der Waals surface area contributed by atoms with Crippen molar-refractivity contribution in [2.24, 2.45) is 0 Å². The first kappa shape index (κ1) is 24.4. The number of rotatable bonds is 9. The molecule has 0 aliphatic carbocycles. The van der Waals surface area contributed by atoms with Crippen molar-refractivity contribution in [3.63, 3.8) is 0 Å². The number of fused-ring (bicyclic) bond motifs is 1. The van der Waals surface area contributed by atoms with Crippen LogP contribution in [0.5, 0.6) is 17.2 Å². The molecule has 1 aromatic heterocycles. The zero-order valence-corrected chi connectivity index (χ0v) is 20.7. The SMILES string of the molecule is COc1ccc(-c2cccc(CNCC[C@H]3CN(c4ccc5c(n4)NC(=O)CO5)C(=O)O3)c2)cc1OC. The van der Waals surface area contributed by atoms with Gasteiger partial charge in [0.15, 0.2) is 29.7 Å². The second-order valence-electron chi connectivity index (χ2n) is 8.71. The van der Waals surface area contributed by atoms with Crippen molar-refractivity contribution in [2.45, 2.75) is 19.1 Å². The smallest absolute Gasteiger partial charge is 0.415 e. The van der Waals surface area contributed by atoms with Crippen LogP contribution in [0.25, 0.3) is 11.1 Å². The lowest BCUT2D eigenvalue weighted by Crippen LogP contribution is -2.29. The number of ether oxygens (including phenoxy) is 4. The van der Waals surface area contributed by atoms with Crippen LogP contribution in [0.2, 0.25) is 0 Å². The molecule has 2 N–H and O–H groups in total. The molecule has 2 amide bonds. The van der Waals surface area contributed by atoms with Gasteiger partial charge >= 0.3 is 6.09 Å². The number of benzene rings is 2. The molecule has 0 radical (unpaired) electrons. The van der Waals surface area contributed by atoms with E-state index in [-0.39, 0.29) is 18.6 Å². The highest BCUT2D eigenvalue weighted by Gasteiger charge is 2.33. The molecule has 192 valence electrons. The quantitative estimate of drug-likeness (QED) is 0.425. The molecule has 3 heterocycles. The second kappa shape index (κ2) is 10.8. The normalized spacial score (nSPS) is 16.5. The lowest BCUT2D eigenvalue weighted by molar-refractivity contribution is -0.118. The number of pyridine rings is 1. The predicted octanol–water partition coefficient (Wildman–Crippen LogP) is 3.60. The fourth-order valence-corrected chi connectivity index (χ4v) is 4.34. The van der Waals surface area contributed by atoms with Crippen LogP contribution in [0.4, 0.5) is 16.4 Å². The van der Waals surface area contributed by atoms with Gasteiger partial charge in [0.1, 0.15) is 11.9 Å². The number of nitrogens with zero attached hydrogens (tertiary/aromatic N) is 2. The number of carbonyl (C=O) groups excluding carboxylic acids is 2. The number of methoxy groups -OCH3 is 2. The summed E-state index contributed by atoms with van der Waals surface area (Å²) in [6.07, 6.45) is -0.0625. The number of aromatic nitrogens is 1. The third-order valence-electron chi connectivity index (χ3n) is 6.23. The van der Waals surface area contributed by atoms with Crippen LogP contribution in [-0.4, -0.2) is 57.0 Å². The number of carbonyl (C=O) groups is 2. The number of hydrogen-bond donors (Lipinski definition) is 2. The lowest BCUT2D eigenvalue weighted by atomic mass is 10.0. The molecule has 1 fully saturated rings. The molecule has 10 nitrogen and oxygen atoms in total. The Morgan fingerprint density at radius 1 is 1.05 bits per heavy atom. The average molecular weight is 505 g/mol. The van der Waals surface area contributed by atoms with E-state index in [9.17, 15) is 9.59 Å². The van der Waals surface area contributed by atoms with Gasteiger partial charge in [-0.05, 0) is 60.0 Å². The summed E-state index contributed by atoms with van der Waals surface area (Å²) in [4.78, 5) is 29.8. The first-order chi connectivity index (χ1) is 18.0. The number of cyclic esters (lactones) is 1. The van der Waals surface area contributed by atoms with Crippen molar-refractivity contribution in [3.8, 4) is 28.4 Å². The van der Waals surface area contributed by atoms with E-state index >= 15 is 0 Å².